The predicted molar refractivity (Wildman–Crippen MR) is 109 cm³/mol. The third-order valence-corrected chi connectivity index (χ3v) is 6.56. The molecule has 1 atom stereocenters. The lowest BCUT2D eigenvalue weighted by Crippen LogP contribution is -2.29. The summed E-state index contributed by atoms with van der Waals surface area (Å²) < 4.78 is 1.56. The molecular formula is C18H18ClN3O2S2. The van der Waals surface area contributed by atoms with Crippen LogP contribution in [0.3, 0.4) is 0 Å². The highest BCUT2D eigenvalue weighted by Gasteiger charge is 2.21. The van der Waals surface area contributed by atoms with Crippen molar-refractivity contribution in [2.45, 2.75) is 31.2 Å². The van der Waals surface area contributed by atoms with Gasteiger partial charge in [0.1, 0.15) is 4.83 Å². The molecule has 0 aliphatic rings. The van der Waals surface area contributed by atoms with E-state index in [1.165, 1.54) is 23.1 Å². The van der Waals surface area contributed by atoms with E-state index in [1.807, 2.05) is 13.8 Å². The largest absolute Gasteiger partial charge is 0.358 e. The van der Waals surface area contributed by atoms with Gasteiger partial charge in [-0.3, -0.25) is 14.2 Å². The fourth-order valence-corrected chi connectivity index (χ4v) is 4.77. The molecule has 0 saturated carbocycles. The van der Waals surface area contributed by atoms with Gasteiger partial charge in [0.25, 0.3) is 5.56 Å². The van der Waals surface area contributed by atoms with E-state index in [-0.39, 0.29) is 16.7 Å². The number of aromatic nitrogens is 2. The van der Waals surface area contributed by atoms with Crippen LogP contribution in [0.15, 0.2) is 34.2 Å². The molecule has 0 radical (unpaired) electrons. The Balaban J connectivity index is 2.27. The summed E-state index contributed by atoms with van der Waals surface area (Å²) in [5.74, 6) is -0.120. The van der Waals surface area contributed by atoms with Crippen LogP contribution in [-0.4, -0.2) is 27.8 Å². The number of carbonyl (C=O) groups excluding carboxylic acids is 1. The highest BCUT2D eigenvalue weighted by molar-refractivity contribution is 8.00. The van der Waals surface area contributed by atoms with Crippen molar-refractivity contribution in [3.05, 3.63) is 50.1 Å². The molecule has 2 heterocycles. The number of nitrogens with zero attached hydrogens (tertiary/aromatic N) is 2. The minimum Gasteiger partial charge on any atom is -0.358 e. The Hall–Kier alpha value is -1.83. The minimum atomic E-state index is -0.384. The van der Waals surface area contributed by atoms with Crippen LogP contribution >= 0.6 is 34.7 Å². The van der Waals surface area contributed by atoms with Crippen molar-refractivity contribution in [1.82, 2.24) is 14.9 Å². The first-order chi connectivity index (χ1) is 12.3. The van der Waals surface area contributed by atoms with Crippen LogP contribution in [0.4, 0.5) is 0 Å². The molecule has 136 valence electrons. The second kappa shape index (κ2) is 7.42. The first kappa shape index (κ1) is 18.9. The normalized spacial score (nSPS) is 12.3. The van der Waals surface area contributed by atoms with E-state index < -0.39 is 0 Å². The molecule has 0 bridgehead atoms. The number of aryl methyl sites for hydroxylation is 2. The molecule has 3 aromatic rings. The molecule has 3 rings (SSSR count). The Morgan fingerprint density at radius 1 is 1.31 bits per heavy atom. The van der Waals surface area contributed by atoms with Gasteiger partial charge in [-0.1, -0.05) is 23.4 Å². The van der Waals surface area contributed by atoms with Crippen molar-refractivity contribution in [3.63, 3.8) is 0 Å². The van der Waals surface area contributed by atoms with Gasteiger partial charge in [0.2, 0.25) is 5.91 Å². The van der Waals surface area contributed by atoms with E-state index in [1.54, 1.807) is 42.8 Å². The molecule has 1 aromatic carbocycles. The number of nitrogens with one attached hydrogen (secondary N) is 1. The van der Waals surface area contributed by atoms with Crippen molar-refractivity contribution in [2.24, 2.45) is 0 Å². The molecule has 0 fully saturated rings. The number of halogens is 1. The number of thiophene rings is 1. The SMILES string of the molecule is CNC(=O)C(C)Sc1nc2sc(C)c(C)c2c(=O)n1-c1ccc(Cl)cc1. The Morgan fingerprint density at radius 2 is 1.96 bits per heavy atom. The summed E-state index contributed by atoms with van der Waals surface area (Å²) >= 11 is 8.74. The van der Waals surface area contributed by atoms with E-state index in [2.05, 4.69) is 5.32 Å². The van der Waals surface area contributed by atoms with Crippen molar-refractivity contribution in [2.75, 3.05) is 7.05 Å². The Kier molecular flexibility index (Phi) is 5.41. The fraction of sp³-hybridized carbons (Fsp3) is 0.278. The van der Waals surface area contributed by atoms with Gasteiger partial charge in [0.15, 0.2) is 5.16 Å². The van der Waals surface area contributed by atoms with Crippen LogP contribution in [-0.2, 0) is 4.79 Å². The molecule has 26 heavy (non-hydrogen) atoms. The van der Waals surface area contributed by atoms with Gasteiger partial charge in [0.05, 0.1) is 16.3 Å². The molecule has 0 aliphatic carbocycles. The number of benzene rings is 1. The second-order valence-electron chi connectivity index (χ2n) is 5.85. The number of fused-ring (bicyclic) bond motifs is 1. The third kappa shape index (κ3) is 3.39. The van der Waals surface area contributed by atoms with E-state index in [4.69, 9.17) is 16.6 Å². The van der Waals surface area contributed by atoms with Gasteiger partial charge < -0.3 is 5.32 Å². The van der Waals surface area contributed by atoms with Gasteiger partial charge >= 0.3 is 0 Å². The maximum atomic E-state index is 13.3. The Labute approximate surface area is 164 Å². The highest BCUT2D eigenvalue weighted by atomic mass is 35.5. The molecule has 0 saturated heterocycles. The van der Waals surface area contributed by atoms with Gasteiger partial charge in [-0.15, -0.1) is 11.3 Å². The summed E-state index contributed by atoms with van der Waals surface area (Å²) in [6.07, 6.45) is 0. The highest BCUT2D eigenvalue weighted by Crippen LogP contribution is 2.31. The van der Waals surface area contributed by atoms with Crippen molar-refractivity contribution in [1.29, 1.82) is 0 Å². The molecule has 0 aliphatic heterocycles. The topological polar surface area (TPSA) is 64.0 Å². The number of amides is 1. The average Bonchev–Trinajstić information content (AvgIpc) is 2.90. The van der Waals surface area contributed by atoms with Crippen LogP contribution in [0, 0.1) is 13.8 Å². The molecule has 5 nitrogen and oxygen atoms in total. The van der Waals surface area contributed by atoms with Gasteiger partial charge in [-0.2, -0.15) is 0 Å². The zero-order valence-electron chi connectivity index (χ0n) is 14.8. The lowest BCUT2D eigenvalue weighted by Gasteiger charge is -2.15. The van der Waals surface area contributed by atoms with Gasteiger partial charge in [-0.25, -0.2) is 4.98 Å². The lowest BCUT2D eigenvalue weighted by molar-refractivity contribution is -0.119. The van der Waals surface area contributed by atoms with Crippen LogP contribution in [0.2, 0.25) is 5.02 Å². The number of carbonyl (C=O) groups is 1. The van der Waals surface area contributed by atoms with Crippen molar-refractivity contribution in [3.8, 4) is 5.69 Å². The summed E-state index contributed by atoms with van der Waals surface area (Å²) in [7, 11) is 1.59. The monoisotopic (exact) mass is 407 g/mol. The summed E-state index contributed by atoms with van der Waals surface area (Å²) in [5.41, 5.74) is 1.48. The number of hydrogen-bond acceptors (Lipinski definition) is 5. The molecular weight excluding hydrogens is 390 g/mol. The van der Waals surface area contributed by atoms with Crippen LogP contribution in [0.1, 0.15) is 17.4 Å². The van der Waals surface area contributed by atoms with Crippen LogP contribution in [0.25, 0.3) is 15.9 Å². The van der Waals surface area contributed by atoms with Crippen LogP contribution < -0.4 is 10.9 Å². The van der Waals surface area contributed by atoms with Crippen molar-refractivity contribution < 1.29 is 4.79 Å². The Bertz CT molecular complexity index is 1040. The molecule has 2 aromatic heterocycles. The predicted octanol–water partition coefficient (Wildman–Crippen LogP) is 3.94. The molecule has 1 unspecified atom stereocenters. The maximum absolute atomic E-state index is 13.3. The lowest BCUT2D eigenvalue weighted by atomic mass is 10.2. The molecule has 1 amide bonds. The zero-order valence-corrected chi connectivity index (χ0v) is 17.2. The number of thioether (sulfide) groups is 1. The molecule has 8 heteroatoms. The van der Waals surface area contributed by atoms with Gasteiger partial charge in [0, 0.05) is 16.9 Å². The molecule has 0 spiro atoms. The van der Waals surface area contributed by atoms with E-state index in [0.29, 0.717) is 26.1 Å². The fourth-order valence-electron chi connectivity index (χ4n) is 2.59. The number of hydrogen-bond donors (Lipinski definition) is 1. The zero-order chi connectivity index (χ0) is 19.0. The first-order valence-electron chi connectivity index (χ1n) is 8.00. The van der Waals surface area contributed by atoms with E-state index >= 15 is 0 Å². The van der Waals surface area contributed by atoms with E-state index in [9.17, 15) is 9.59 Å². The van der Waals surface area contributed by atoms with E-state index in [0.717, 1.165) is 10.4 Å². The number of rotatable bonds is 4. The van der Waals surface area contributed by atoms with Crippen LogP contribution in [0.5, 0.6) is 0 Å². The summed E-state index contributed by atoms with van der Waals surface area (Å²) in [5, 5.41) is 3.94. The average molecular weight is 408 g/mol. The van der Waals surface area contributed by atoms with Crippen molar-refractivity contribution >= 4 is 50.8 Å². The quantitative estimate of drug-likeness (QED) is 0.525. The second-order valence-corrected chi connectivity index (χ2v) is 8.80. The maximum Gasteiger partial charge on any atom is 0.267 e. The summed E-state index contributed by atoms with van der Waals surface area (Å²) in [6, 6.07) is 7.02. The Morgan fingerprint density at radius 3 is 2.58 bits per heavy atom. The minimum absolute atomic E-state index is 0.120. The first-order valence-corrected chi connectivity index (χ1v) is 10.1. The smallest absolute Gasteiger partial charge is 0.267 e. The third-order valence-electron chi connectivity index (χ3n) is 4.15. The molecule has 1 N–H and O–H groups in total. The summed E-state index contributed by atoms with van der Waals surface area (Å²) in [6.45, 7) is 5.70. The standard InChI is InChI=1S/C18H18ClN3O2S2/c1-9-10(2)25-16-14(9)17(24)22(13-7-5-12(19)6-8-13)18(21-16)26-11(3)15(23)20-4/h5-8,11H,1-4H3,(H,20,23). The summed E-state index contributed by atoms with van der Waals surface area (Å²) in [4.78, 5) is 31.7. The van der Waals surface area contributed by atoms with Gasteiger partial charge in [-0.05, 0) is 50.6 Å².